The summed E-state index contributed by atoms with van der Waals surface area (Å²) in [5, 5.41) is 2.38. The normalized spacial score (nSPS) is 12.1. The van der Waals surface area contributed by atoms with Gasteiger partial charge in [0.2, 0.25) is 11.6 Å². The second kappa shape index (κ2) is 17.0. The van der Waals surface area contributed by atoms with Crippen molar-refractivity contribution in [1.82, 2.24) is 0 Å². The molecule has 0 aromatic heterocycles. The Bertz CT molecular complexity index is 3050. The zero-order valence-electron chi connectivity index (χ0n) is 34.6. The quantitative estimate of drug-likeness (QED) is 0.0270. The molecule has 0 unspecified atom stereocenters. The van der Waals surface area contributed by atoms with Crippen molar-refractivity contribution < 1.29 is 53.4 Å². The molecular formula is C52H38F10O2. The lowest BCUT2D eigenvalue weighted by molar-refractivity contribution is 0.308. The minimum Gasteiger partial charge on any atom is -0.493 e. The van der Waals surface area contributed by atoms with Crippen molar-refractivity contribution in [2.24, 2.45) is 0 Å². The van der Waals surface area contributed by atoms with Gasteiger partial charge in [0.15, 0.2) is 46.5 Å². The van der Waals surface area contributed by atoms with E-state index in [0.717, 1.165) is 38.5 Å². The summed E-state index contributed by atoms with van der Waals surface area (Å²) in [7, 11) is 0. The van der Waals surface area contributed by atoms with Crippen LogP contribution in [0.4, 0.5) is 43.9 Å². The van der Waals surface area contributed by atoms with E-state index in [1.54, 1.807) is 48.5 Å². The van der Waals surface area contributed by atoms with Crippen LogP contribution in [0.5, 0.6) is 11.5 Å². The van der Waals surface area contributed by atoms with Crippen LogP contribution in [-0.4, -0.2) is 13.2 Å². The molecular weight excluding hydrogens is 847 g/mol. The molecule has 9 aromatic carbocycles. The topological polar surface area (TPSA) is 18.5 Å². The summed E-state index contributed by atoms with van der Waals surface area (Å²) in [5.41, 5.74) is -3.25. The van der Waals surface area contributed by atoms with E-state index in [9.17, 15) is 8.78 Å². The van der Waals surface area contributed by atoms with Crippen molar-refractivity contribution in [3.8, 4) is 33.8 Å². The highest BCUT2D eigenvalue weighted by molar-refractivity contribution is 6.35. The summed E-state index contributed by atoms with van der Waals surface area (Å²) in [6.45, 7) is 4.55. The average Bonchev–Trinajstić information content (AvgIpc) is 3.30. The third-order valence-electron chi connectivity index (χ3n) is 12.2. The SMILES string of the molecule is CCCCCCOc1ccc2cccc3c(-c4c(F)c(F)c(F)c(F)c4F)c4cc5c(cc4c1c23)c(-c1c(F)c(F)c(F)c(F)c1F)c1cccc2ccc(OCCCCCC)c5c21. The molecule has 0 heterocycles. The Labute approximate surface area is 360 Å². The van der Waals surface area contributed by atoms with Gasteiger partial charge in [-0.15, -0.1) is 0 Å². The van der Waals surface area contributed by atoms with Gasteiger partial charge in [-0.2, -0.15) is 0 Å². The molecule has 9 aromatic rings. The number of hydrogen-bond donors (Lipinski definition) is 0. The van der Waals surface area contributed by atoms with E-state index in [0.29, 0.717) is 45.2 Å². The number of ether oxygens (including phenoxy) is 2. The third kappa shape index (κ3) is 6.70. The van der Waals surface area contributed by atoms with Gasteiger partial charge in [0, 0.05) is 32.7 Å². The molecule has 0 spiro atoms. The van der Waals surface area contributed by atoms with Gasteiger partial charge in [0.25, 0.3) is 0 Å². The van der Waals surface area contributed by atoms with Gasteiger partial charge in [-0.25, -0.2) is 43.9 Å². The Morgan fingerprint density at radius 1 is 0.328 bits per heavy atom. The fraction of sp³-hybridized carbons (Fsp3) is 0.231. The molecule has 0 radical (unpaired) electrons. The lowest BCUT2D eigenvalue weighted by atomic mass is 9.82. The minimum absolute atomic E-state index is 0.0639. The van der Waals surface area contributed by atoms with E-state index in [4.69, 9.17) is 9.47 Å². The molecule has 328 valence electrons. The number of fused-ring (bicyclic) bond motifs is 4. The monoisotopic (exact) mass is 884 g/mol. The summed E-state index contributed by atoms with van der Waals surface area (Å²) in [4.78, 5) is 0. The van der Waals surface area contributed by atoms with Crippen molar-refractivity contribution >= 4 is 64.6 Å². The van der Waals surface area contributed by atoms with E-state index in [1.807, 2.05) is 13.8 Å². The van der Waals surface area contributed by atoms with Crippen molar-refractivity contribution in [2.45, 2.75) is 65.2 Å². The lowest BCUT2D eigenvalue weighted by Gasteiger charge is -2.23. The molecule has 0 amide bonds. The van der Waals surface area contributed by atoms with E-state index in [1.165, 1.54) is 24.3 Å². The number of hydrogen-bond acceptors (Lipinski definition) is 2. The molecule has 12 heteroatoms. The Morgan fingerprint density at radius 2 is 0.688 bits per heavy atom. The first-order chi connectivity index (χ1) is 30.9. The van der Waals surface area contributed by atoms with Gasteiger partial charge in [0.05, 0.1) is 24.3 Å². The van der Waals surface area contributed by atoms with E-state index >= 15 is 35.1 Å². The van der Waals surface area contributed by atoms with Gasteiger partial charge in [-0.1, -0.05) is 101 Å². The Hall–Kier alpha value is -6.30. The van der Waals surface area contributed by atoms with Crippen molar-refractivity contribution in [3.63, 3.8) is 0 Å². The summed E-state index contributed by atoms with van der Waals surface area (Å²) in [6.07, 6.45) is 6.72. The highest BCUT2D eigenvalue weighted by Gasteiger charge is 2.33. The maximum atomic E-state index is 16.3. The second-order valence-electron chi connectivity index (χ2n) is 16.1. The van der Waals surface area contributed by atoms with Crippen LogP contribution in [0.1, 0.15) is 65.2 Å². The summed E-state index contributed by atoms with van der Waals surface area (Å²) in [6, 6.07) is 19.0. The largest absolute Gasteiger partial charge is 0.493 e. The van der Waals surface area contributed by atoms with Crippen LogP contribution in [0, 0.1) is 58.2 Å². The van der Waals surface area contributed by atoms with Crippen molar-refractivity contribution in [3.05, 3.63) is 131 Å². The maximum absolute atomic E-state index is 16.3. The Morgan fingerprint density at radius 3 is 1.05 bits per heavy atom. The van der Waals surface area contributed by atoms with Crippen LogP contribution in [0.2, 0.25) is 0 Å². The predicted molar refractivity (Wildman–Crippen MR) is 232 cm³/mol. The van der Waals surface area contributed by atoms with E-state index < -0.39 is 80.4 Å². The second-order valence-corrected chi connectivity index (χ2v) is 16.1. The zero-order chi connectivity index (χ0) is 45.1. The minimum atomic E-state index is -2.36. The average molecular weight is 885 g/mol. The van der Waals surface area contributed by atoms with Gasteiger partial charge >= 0.3 is 0 Å². The highest BCUT2D eigenvalue weighted by atomic mass is 19.2. The van der Waals surface area contributed by atoms with E-state index in [2.05, 4.69) is 0 Å². The molecule has 0 aliphatic rings. The first-order valence-electron chi connectivity index (χ1n) is 21.3. The fourth-order valence-corrected chi connectivity index (χ4v) is 9.24. The Balaban J connectivity index is 1.54. The molecule has 0 saturated heterocycles. The number of benzene rings is 9. The number of unbranched alkanes of at least 4 members (excludes halogenated alkanes) is 6. The molecule has 64 heavy (non-hydrogen) atoms. The third-order valence-corrected chi connectivity index (χ3v) is 12.2. The van der Waals surface area contributed by atoms with Gasteiger partial charge in [-0.05, 0) is 80.2 Å². The predicted octanol–water partition coefficient (Wildman–Crippen LogP) is 16.7. The molecule has 0 bridgehead atoms. The summed E-state index contributed by atoms with van der Waals surface area (Å²) in [5.74, 6) is -21.3. The van der Waals surface area contributed by atoms with Crippen LogP contribution in [0.15, 0.2) is 72.8 Å². The molecule has 9 rings (SSSR count). The molecule has 0 aliphatic heterocycles. The first kappa shape index (κ1) is 43.0. The van der Waals surface area contributed by atoms with Gasteiger partial charge < -0.3 is 9.47 Å². The van der Waals surface area contributed by atoms with Crippen LogP contribution >= 0.6 is 0 Å². The maximum Gasteiger partial charge on any atom is 0.200 e. The molecule has 2 nitrogen and oxygen atoms in total. The zero-order valence-corrected chi connectivity index (χ0v) is 34.6. The lowest BCUT2D eigenvalue weighted by Crippen LogP contribution is -2.06. The summed E-state index contributed by atoms with van der Waals surface area (Å²) >= 11 is 0. The van der Waals surface area contributed by atoms with Crippen LogP contribution in [-0.2, 0) is 0 Å². The van der Waals surface area contributed by atoms with Crippen LogP contribution < -0.4 is 9.47 Å². The highest BCUT2D eigenvalue weighted by Crippen LogP contribution is 2.53. The van der Waals surface area contributed by atoms with Crippen LogP contribution in [0.3, 0.4) is 0 Å². The smallest absolute Gasteiger partial charge is 0.200 e. The standard InChI is InChI=1S/C52H38F10O2/c1-3-5-7-9-21-63-33-19-17-25-13-11-15-27-35(25)39(33)31-23-30-32(24-29(31)37(27)41-43(53)47(57)51(61)48(58)44(41)54)40-34(64-22-10-8-6-4-2)20-18-26-14-12-16-28(36(26)40)38(30)42-45(55)49(59)52(62)50(60)46(42)56/h11-20,23-24H,3-10,21-22H2,1-2H3. The van der Waals surface area contributed by atoms with E-state index in [-0.39, 0.29) is 57.0 Å². The molecule has 0 N–H and O–H groups in total. The van der Waals surface area contributed by atoms with Crippen molar-refractivity contribution in [2.75, 3.05) is 13.2 Å². The number of rotatable bonds is 14. The number of halogens is 10. The molecule has 0 atom stereocenters. The summed E-state index contributed by atoms with van der Waals surface area (Å²) < 4.78 is 169. The Kier molecular flexibility index (Phi) is 11.4. The van der Waals surface area contributed by atoms with Gasteiger partial charge in [0.1, 0.15) is 11.5 Å². The van der Waals surface area contributed by atoms with Crippen molar-refractivity contribution in [1.29, 1.82) is 0 Å². The first-order valence-corrected chi connectivity index (χ1v) is 21.3. The molecule has 0 saturated carbocycles. The molecule has 0 aliphatic carbocycles. The van der Waals surface area contributed by atoms with Crippen LogP contribution in [0.25, 0.3) is 86.9 Å². The van der Waals surface area contributed by atoms with Gasteiger partial charge in [-0.3, -0.25) is 0 Å². The fourth-order valence-electron chi connectivity index (χ4n) is 9.24. The molecule has 0 fully saturated rings.